The molecular weight excluding hydrogens is 217 g/mol. The lowest BCUT2D eigenvalue weighted by molar-refractivity contribution is 0.625. The van der Waals surface area contributed by atoms with Gasteiger partial charge in [-0.15, -0.1) is 0 Å². The number of halogens is 1. The molecule has 0 bridgehead atoms. The first-order valence-electron chi connectivity index (χ1n) is 5.46. The Bertz CT molecular complexity index is 514. The van der Waals surface area contributed by atoms with Crippen LogP contribution in [0, 0.1) is 5.82 Å². The smallest absolute Gasteiger partial charge is 0.146 e. The Kier molecular flexibility index (Phi) is 3.23. The average Bonchev–Trinajstić information content (AvgIpc) is 2.33. The Morgan fingerprint density at radius 3 is 2.71 bits per heavy atom. The fourth-order valence-corrected chi connectivity index (χ4v) is 1.77. The van der Waals surface area contributed by atoms with E-state index < -0.39 is 0 Å². The van der Waals surface area contributed by atoms with Crippen LogP contribution in [0.15, 0.2) is 42.6 Å². The predicted molar refractivity (Wildman–Crippen MR) is 67.7 cm³/mol. The van der Waals surface area contributed by atoms with Gasteiger partial charge in [-0.1, -0.05) is 12.1 Å². The summed E-state index contributed by atoms with van der Waals surface area (Å²) in [4.78, 5) is 5.78. The van der Waals surface area contributed by atoms with Crippen molar-refractivity contribution in [2.24, 2.45) is 0 Å². The van der Waals surface area contributed by atoms with Gasteiger partial charge in [0.25, 0.3) is 0 Å². The van der Waals surface area contributed by atoms with Crippen LogP contribution in [-0.4, -0.2) is 11.5 Å². The number of hydrogen-bond acceptors (Lipinski definition) is 3. The lowest BCUT2D eigenvalue weighted by atomic mass is 10.2. The molecule has 4 heteroatoms. The Balaban J connectivity index is 2.44. The number of rotatable bonds is 3. The minimum atomic E-state index is -0.246. The summed E-state index contributed by atoms with van der Waals surface area (Å²) in [6.07, 6.45) is 1.62. The predicted octanol–water partition coefficient (Wildman–Crippen LogP) is 2.96. The minimum absolute atomic E-state index is 0.246. The molecule has 0 fully saturated rings. The van der Waals surface area contributed by atoms with Gasteiger partial charge in [0.05, 0.1) is 5.69 Å². The monoisotopic (exact) mass is 231 g/mol. The Morgan fingerprint density at radius 1 is 1.29 bits per heavy atom. The van der Waals surface area contributed by atoms with Crippen molar-refractivity contribution in [2.45, 2.75) is 6.92 Å². The normalized spacial score (nSPS) is 10.2. The van der Waals surface area contributed by atoms with Gasteiger partial charge in [-0.25, -0.2) is 9.37 Å². The van der Waals surface area contributed by atoms with Gasteiger partial charge >= 0.3 is 0 Å². The van der Waals surface area contributed by atoms with Gasteiger partial charge in [-0.3, -0.25) is 0 Å². The minimum Gasteiger partial charge on any atom is -0.384 e. The van der Waals surface area contributed by atoms with E-state index in [0.717, 1.165) is 5.69 Å². The van der Waals surface area contributed by atoms with Gasteiger partial charge in [-0.2, -0.15) is 0 Å². The van der Waals surface area contributed by atoms with E-state index in [1.807, 2.05) is 24.0 Å². The number of nitrogen functional groups attached to an aromatic ring is 1. The highest BCUT2D eigenvalue weighted by atomic mass is 19.1. The summed E-state index contributed by atoms with van der Waals surface area (Å²) in [5.74, 6) is 0.182. The summed E-state index contributed by atoms with van der Waals surface area (Å²) in [6.45, 7) is 2.62. The van der Waals surface area contributed by atoms with Crippen LogP contribution in [0.1, 0.15) is 6.92 Å². The molecule has 0 saturated carbocycles. The first-order valence-corrected chi connectivity index (χ1v) is 5.46. The third-order valence-electron chi connectivity index (χ3n) is 2.54. The Labute approximate surface area is 99.7 Å². The van der Waals surface area contributed by atoms with Gasteiger partial charge in [-0.05, 0) is 25.1 Å². The molecule has 1 aromatic carbocycles. The first kappa shape index (κ1) is 11.4. The van der Waals surface area contributed by atoms with E-state index >= 15 is 0 Å². The lowest BCUT2D eigenvalue weighted by Crippen LogP contribution is -2.17. The zero-order valence-electron chi connectivity index (χ0n) is 9.60. The summed E-state index contributed by atoms with van der Waals surface area (Å²) >= 11 is 0. The second kappa shape index (κ2) is 4.82. The van der Waals surface area contributed by atoms with Crippen LogP contribution in [0.3, 0.4) is 0 Å². The van der Waals surface area contributed by atoms with Crippen LogP contribution in [0.2, 0.25) is 0 Å². The number of benzene rings is 1. The number of anilines is 3. The van der Waals surface area contributed by atoms with Crippen molar-refractivity contribution in [3.8, 4) is 0 Å². The van der Waals surface area contributed by atoms with Gasteiger partial charge in [0, 0.05) is 24.5 Å². The van der Waals surface area contributed by atoms with Crippen molar-refractivity contribution < 1.29 is 4.39 Å². The standard InChI is InChI=1S/C13H14FN3/c1-2-17(10-7-8-16-13(15)9-10)12-6-4-3-5-11(12)14/h3-9H,2H2,1H3,(H2,15,16). The van der Waals surface area contributed by atoms with E-state index in [1.165, 1.54) is 6.07 Å². The SMILES string of the molecule is CCN(c1ccnc(N)c1)c1ccccc1F. The summed E-state index contributed by atoms with van der Waals surface area (Å²) < 4.78 is 13.7. The average molecular weight is 231 g/mol. The molecule has 2 N–H and O–H groups in total. The second-order valence-corrected chi connectivity index (χ2v) is 3.63. The van der Waals surface area contributed by atoms with Crippen LogP contribution in [0.25, 0.3) is 0 Å². The van der Waals surface area contributed by atoms with Gasteiger partial charge in [0.1, 0.15) is 11.6 Å². The van der Waals surface area contributed by atoms with E-state index in [0.29, 0.717) is 18.1 Å². The van der Waals surface area contributed by atoms with Gasteiger partial charge in [0.15, 0.2) is 0 Å². The molecule has 1 heterocycles. The van der Waals surface area contributed by atoms with Crippen LogP contribution in [0.5, 0.6) is 0 Å². The zero-order valence-corrected chi connectivity index (χ0v) is 9.60. The highest BCUT2D eigenvalue weighted by Crippen LogP contribution is 2.27. The van der Waals surface area contributed by atoms with Crippen LogP contribution in [0.4, 0.5) is 21.6 Å². The highest BCUT2D eigenvalue weighted by molar-refractivity contribution is 5.65. The fraction of sp³-hybridized carbons (Fsp3) is 0.154. The number of nitrogens with zero attached hydrogens (tertiary/aromatic N) is 2. The van der Waals surface area contributed by atoms with E-state index in [4.69, 9.17) is 5.73 Å². The molecule has 0 spiro atoms. The summed E-state index contributed by atoms with van der Waals surface area (Å²) in [6, 6.07) is 10.2. The zero-order chi connectivity index (χ0) is 12.3. The molecule has 0 unspecified atom stereocenters. The number of nitrogens with two attached hydrogens (primary N) is 1. The molecule has 0 saturated heterocycles. The molecule has 0 aliphatic carbocycles. The van der Waals surface area contributed by atoms with E-state index in [2.05, 4.69) is 4.98 Å². The van der Waals surface area contributed by atoms with E-state index in [1.54, 1.807) is 24.4 Å². The molecule has 0 radical (unpaired) electrons. The van der Waals surface area contributed by atoms with Gasteiger partial charge in [0.2, 0.25) is 0 Å². The molecule has 88 valence electrons. The third kappa shape index (κ3) is 2.36. The van der Waals surface area contributed by atoms with Crippen molar-refractivity contribution in [2.75, 3.05) is 17.2 Å². The molecular formula is C13H14FN3. The maximum absolute atomic E-state index is 13.7. The van der Waals surface area contributed by atoms with Crippen molar-refractivity contribution in [3.05, 3.63) is 48.4 Å². The van der Waals surface area contributed by atoms with Crippen LogP contribution in [-0.2, 0) is 0 Å². The summed E-state index contributed by atoms with van der Waals surface area (Å²) in [7, 11) is 0. The van der Waals surface area contributed by atoms with Crippen molar-refractivity contribution in [3.63, 3.8) is 0 Å². The number of hydrogen-bond donors (Lipinski definition) is 1. The Morgan fingerprint density at radius 2 is 2.06 bits per heavy atom. The van der Waals surface area contributed by atoms with Crippen molar-refractivity contribution in [1.82, 2.24) is 4.98 Å². The molecule has 2 rings (SSSR count). The molecule has 0 atom stereocenters. The molecule has 2 aromatic rings. The molecule has 0 aliphatic rings. The third-order valence-corrected chi connectivity index (χ3v) is 2.54. The van der Waals surface area contributed by atoms with Crippen LogP contribution >= 0.6 is 0 Å². The van der Waals surface area contributed by atoms with E-state index in [9.17, 15) is 4.39 Å². The number of aromatic nitrogens is 1. The molecule has 0 aliphatic heterocycles. The largest absolute Gasteiger partial charge is 0.384 e. The van der Waals surface area contributed by atoms with E-state index in [-0.39, 0.29) is 5.82 Å². The topological polar surface area (TPSA) is 42.2 Å². The maximum Gasteiger partial charge on any atom is 0.146 e. The quantitative estimate of drug-likeness (QED) is 0.883. The number of pyridine rings is 1. The lowest BCUT2D eigenvalue weighted by Gasteiger charge is -2.23. The molecule has 3 nitrogen and oxygen atoms in total. The molecule has 1 aromatic heterocycles. The molecule has 17 heavy (non-hydrogen) atoms. The first-order chi connectivity index (χ1) is 8.22. The van der Waals surface area contributed by atoms with Crippen molar-refractivity contribution >= 4 is 17.2 Å². The van der Waals surface area contributed by atoms with Crippen molar-refractivity contribution in [1.29, 1.82) is 0 Å². The highest BCUT2D eigenvalue weighted by Gasteiger charge is 2.11. The number of para-hydroxylation sites is 1. The fourth-order valence-electron chi connectivity index (χ4n) is 1.77. The van der Waals surface area contributed by atoms with Gasteiger partial charge < -0.3 is 10.6 Å². The Hall–Kier alpha value is -2.10. The second-order valence-electron chi connectivity index (χ2n) is 3.63. The van der Waals surface area contributed by atoms with Crippen LogP contribution < -0.4 is 10.6 Å². The maximum atomic E-state index is 13.7. The molecule has 0 amide bonds. The summed E-state index contributed by atoms with van der Waals surface area (Å²) in [5, 5.41) is 0. The summed E-state index contributed by atoms with van der Waals surface area (Å²) in [5.41, 5.74) is 7.02.